The van der Waals surface area contributed by atoms with Gasteiger partial charge in [-0.2, -0.15) is 0 Å². The molecule has 4 nitrogen and oxygen atoms in total. The van der Waals surface area contributed by atoms with Crippen molar-refractivity contribution in [2.75, 3.05) is 20.3 Å². The maximum Gasteiger partial charge on any atom is 0.232 e. The van der Waals surface area contributed by atoms with Crippen molar-refractivity contribution in [3.8, 4) is 0 Å². The van der Waals surface area contributed by atoms with Crippen molar-refractivity contribution in [1.82, 2.24) is 4.90 Å². The number of nitrogens with two attached hydrogens (primary N) is 1. The Morgan fingerprint density at radius 1 is 1.53 bits per heavy atom. The molecule has 0 bridgehead atoms. The van der Waals surface area contributed by atoms with E-state index in [1.54, 1.807) is 11.9 Å². The van der Waals surface area contributed by atoms with Gasteiger partial charge in [0.25, 0.3) is 0 Å². The lowest BCUT2D eigenvalue weighted by molar-refractivity contribution is -0.140. The van der Waals surface area contributed by atoms with E-state index in [2.05, 4.69) is 15.9 Å². The number of benzene rings is 1. The number of ether oxygens (including phenoxy) is 1. The Morgan fingerprint density at radius 2 is 2.16 bits per heavy atom. The van der Waals surface area contributed by atoms with Crippen LogP contribution in [0.1, 0.15) is 12.5 Å². The Hall–Kier alpha value is -0.910. The summed E-state index contributed by atoms with van der Waals surface area (Å²) in [6.45, 7) is 3.31. The third-order valence-corrected chi connectivity index (χ3v) is 4.21. The third kappa shape index (κ3) is 2.99. The maximum atomic E-state index is 12.5. The number of carbonyl (C=O) groups is 1. The standard InChI is InChI=1S/C14H19BrN2O2/c1-14(9-19-8-12(14)16)13(18)17(2)7-10-3-5-11(15)6-4-10/h3-6,12H,7-9,16H2,1-2H3. The van der Waals surface area contributed by atoms with E-state index >= 15 is 0 Å². The molecule has 0 aliphatic carbocycles. The van der Waals surface area contributed by atoms with E-state index in [0.29, 0.717) is 19.8 Å². The molecule has 0 aromatic heterocycles. The number of halogens is 1. The van der Waals surface area contributed by atoms with Crippen molar-refractivity contribution in [2.24, 2.45) is 11.1 Å². The van der Waals surface area contributed by atoms with Gasteiger partial charge >= 0.3 is 0 Å². The molecule has 0 saturated carbocycles. The summed E-state index contributed by atoms with van der Waals surface area (Å²) in [5, 5.41) is 0. The second kappa shape index (κ2) is 5.61. The minimum atomic E-state index is -0.607. The van der Waals surface area contributed by atoms with Gasteiger partial charge in [-0.3, -0.25) is 4.79 Å². The van der Waals surface area contributed by atoms with Crippen molar-refractivity contribution >= 4 is 21.8 Å². The molecule has 0 spiro atoms. The zero-order chi connectivity index (χ0) is 14.0. The van der Waals surface area contributed by atoms with Crippen molar-refractivity contribution in [3.63, 3.8) is 0 Å². The summed E-state index contributed by atoms with van der Waals surface area (Å²) in [6.07, 6.45) is 0. The summed E-state index contributed by atoms with van der Waals surface area (Å²) in [5.41, 5.74) is 6.47. The number of hydrogen-bond donors (Lipinski definition) is 1. The van der Waals surface area contributed by atoms with E-state index in [1.165, 1.54) is 0 Å². The number of carbonyl (C=O) groups excluding carboxylic acids is 1. The van der Waals surface area contributed by atoms with Gasteiger partial charge in [-0.1, -0.05) is 28.1 Å². The largest absolute Gasteiger partial charge is 0.379 e. The molecule has 1 amide bonds. The molecule has 19 heavy (non-hydrogen) atoms. The minimum absolute atomic E-state index is 0.0421. The molecule has 2 rings (SSSR count). The Morgan fingerprint density at radius 3 is 2.68 bits per heavy atom. The van der Waals surface area contributed by atoms with Gasteiger partial charge in [-0.05, 0) is 24.6 Å². The van der Waals surface area contributed by atoms with Crippen molar-refractivity contribution in [2.45, 2.75) is 19.5 Å². The van der Waals surface area contributed by atoms with Crippen LogP contribution in [0.15, 0.2) is 28.7 Å². The van der Waals surface area contributed by atoms with E-state index in [-0.39, 0.29) is 11.9 Å². The monoisotopic (exact) mass is 326 g/mol. The first-order valence-corrected chi connectivity index (χ1v) is 7.06. The number of nitrogens with zero attached hydrogens (tertiary/aromatic N) is 1. The molecule has 2 N–H and O–H groups in total. The molecular formula is C14H19BrN2O2. The third-order valence-electron chi connectivity index (χ3n) is 3.69. The topological polar surface area (TPSA) is 55.6 Å². The molecule has 1 heterocycles. The van der Waals surface area contributed by atoms with Gasteiger partial charge in [0.1, 0.15) is 0 Å². The molecule has 1 aliphatic heterocycles. The average molecular weight is 327 g/mol. The van der Waals surface area contributed by atoms with Crippen LogP contribution in [0.25, 0.3) is 0 Å². The van der Waals surface area contributed by atoms with Gasteiger partial charge in [-0.25, -0.2) is 0 Å². The summed E-state index contributed by atoms with van der Waals surface area (Å²) in [6, 6.07) is 7.72. The smallest absolute Gasteiger partial charge is 0.232 e. The zero-order valence-electron chi connectivity index (χ0n) is 11.2. The minimum Gasteiger partial charge on any atom is -0.379 e. The molecule has 1 saturated heterocycles. The van der Waals surface area contributed by atoms with E-state index in [4.69, 9.17) is 10.5 Å². The fourth-order valence-corrected chi connectivity index (χ4v) is 2.55. The van der Waals surface area contributed by atoms with Crippen molar-refractivity contribution < 1.29 is 9.53 Å². The Balaban J connectivity index is 2.05. The van der Waals surface area contributed by atoms with Crippen LogP contribution in [0, 0.1) is 5.41 Å². The highest BCUT2D eigenvalue weighted by Crippen LogP contribution is 2.29. The molecule has 1 aliphatic rings. The average Bonchev–Trinajstić information content (AvgIpc) is 2.72. The van der Waals surface area contributed by atoms with Crippen LogP contribution >= 0.6 is 15.9 Å². The van der Waals surface area contributed by atoms with Crippen LogP contribution in [-0.2, 0) is 16.1 Å². The normalized spacial score (nSPS) is 26.4. The van der Waals surface area contributed by atoms with Crippen LogP contribution < -0.4 is 5.73 Å². The second-order valence-corrected chi connectivity index (χ2v) is 6.24. The summed E-state index contributed by atoms with van der Waals surface area (Å²) in [5.74, 6) is 0.0421. The number of amides is 1. The number of hydrogen-bond acceptors (Lipinski definition) is 3. The lowest BCUT2D eigenvalue weighted by Gasteiger charge is -2.30. The quantitative estimate of drug-likeness (QED) is 0.921. The van der Waals surface area contributed by atoms with Crippen LogP contribution in [-0.4, -0.2) is 37.1 Å². The highest BCUT2D eigenvalue weighted by atomic mass is 79.9. The Labute approximate surface area is 122 Å². The Bertz CT molecular complexity index is 463. The summed E-state index contributed by atoms with van der Waals surface area (Å²) >= 11 is 3.40. The van der Waals surface area contributed by atoms with E-state index in [1.807, 2.05) is 31.2 Å². The highest BCUT2D eigenvalue weighted by molar-refractivity contribution is 9.10. The first-order valence-electron chi connectivity index (χ1n) is 6.27. The van der Waals surface area contributed by atoms with Gasteiger partial charge in [0.05, 0.1) is 18.6 Å². The van der Waals surface area contributed by atoms with Gasteiger partial charge < -0.3 is 15.4 Å². The molecule has 1 aromatic rings. The first kappa shape index (κ1) is 14.5. The van der Waals surface area contributed by atoms with Gasteiger partial charge in [-0.15, -0.1) is 0 Å². The van der Waals surface area contributed by atoms with E-state index in [9.17, 15) is 4.79 Å². The van der Waals surface area contributed by atoms with Crippen molar-refractivity contribution in [3.05, 3.63) is 34.3 Å². The summed E-state index contributed by atoms with van der Waals surface area (Å²) < 4.78 is 6.36. The predicted molar refractivity (Wildman–Crippen MR) is 77.5 cm³/mol. The molecule has 5 heteroatoms. The highest BCUT2D eigenvalue weighted by Gasteiger charge is 2.45. The lowest BCUT2D eigenvalue weighted by atomic mass is 9.84. The zero-order valence-corrected chi connectivity index (χ0v) is 12.8. The number of rotatable bonds is 3. The lowest BCUT2D eigenvalue weighted by Crippen LogP contribution is -2.50. The SMILES string of the molecule is CN(Cc1ccc(Br)cc1)C(=O)C1(C)COCC1N. The van der Waals surface area contributed by atoms with Crippen LogP contribution in [0.5, 0.6) is 0 Å². The fraction of sp³-hybridized carbons (Fsp3) is 0.500. The summed E-state index contributed by atoms with van der Waals surface area (Å²) in [7, 11) is 1.81. The molecule has 2 atom stereocenters. The molecule has 1 aromatic carbocycles. The van der Waals surface area contributed by atoms with Crippen LogP contribution in [0.3, 0.4) is 0 Å². The van der Waals surface area contributed by atoms with Crippen molar-refractivity contribution in [1.29, 1.82) is 0 Å². The predicted octanol–water partition coefficient (Wildman–Crippen LogP) is 1.77. The Kier molecular flexibility index (Phi) is 4.28. The molecule has 2 unspecified atom stereocenters. The van der Waals surface area contributed by atoms with Gasteiger partial charge in [0.15, 0.2) is 0 Å². The van der Waals surface area contributed by atoms with E-state index < -0.39 is 5.41 Å². The molecule has 0 radical (unpaired) electrons. The van der Waals surface area contributed by atoms with E-state index in [0.717, 1.165) is 10.0 Å². The molecular weight excluding hydrogens is 308 g/mol. The fourth-order valence-electron chi connectivity index (χ4n) is 2.28. The van der Waals surface area contributed by atoms with Gasteiger partial charge in [0, 0.05) is 24.1 Å². The molecule has 104 valence electrons. The van der Waals surface area contributed by atoms with Gasteiger partial charge in [0.2, 0.25) is 5.91 Å². The maximum absolute atomic E-state index is 12.5. The summed E-state index contributed by atoms with van der Waals surface area (Å²) in [4.78, 5) is 14.2. The molecule has 1 fully saturated rings. The first-order chi connectivity index (χ1) is 8.93. The van der Waals surface area contributed by atoms with Crippen LogP contribution in [0.4, 0.5) is 0 Å². The second-order valence-electron chi connectivity index (χ2n) is 5.33. The van der Waals surface area contributed by atoms with Crippen LogP contribution in [0.2, 0.25) is 0 Å².